The maximum atomic E-state index is 11.0. The highest BCUT2D eigenvalue weighted by molar-refractivity contribution is 7.99. The van der Waals surface area contributed by atoms with Crippen LogP contribution in [-0.4, -0.2) is 22.2 Å². The predicted molar refractivity (Wildman–Crippen MR) is 74.8 cm³/mol. The molecule has 0 aromatic heterocycles. The van der Waals surface area contributed by atoms with E-state index in [9.17, 15) is 4.91 Å². The van der Waals surface area contributed by atoms with Gasteiger partial charge in [0.05, 0.1) is 16.2 Å². The monoisotopic (exact) mass is 252 g/mol. The van der Waals surface area contributed by atoms with E-state index in [4.69, 9.17) is 0 Å². The molecule has 0 radical (unpaired) electrons. The first-order valence-corrected chi connectivity index (χ1v) is 6.97. The lowest BCUT2D eigenvalue weighted by Gasteiger charge is -2.35. The topological polar surface area (TPSA) is 32.7 Å². The molecule has 94 valence electrons. The Balaban J connectivity index is 2.81. The normalized spacial score (nSPS) is 13.2. The van der Waals surface area contributed by atoms with Crippen LogP contribution in [0.3, 0.4) is 0 Å². The highest BCUT2D eigenvalue weighted by Crippen LogP contribution is 2.26. The van der Waals surface area contributed by atoms with Crippen molar-refractivity contribution in [1.82, 2.24) is 5.01 Å². The van der Waals surface area contributed by atoms with Gasteiger partial charge in [0, 0.05) is 6.42 Å². The van der Waals surface area contributed by atoms with Crippen LogP contribution in [0.5, 0.6) is 0 Å². The fourth-order valence-corrected chi connectivity index (χ4v) is 2.61. The zero-order chi connectivity index (χ0) is 12.9. The molecule has 0 spiro atoms. The van der Waals surface area contributed by atoms with Gasteiger partial charge in [0.1, 0.15) is 0 Å². The third-order valence-electron chi connectivity index (χ3n) is 2.57. The van der Waals surface area contributed by atoms with Gasteiger partial charge in [0.2, 0.25) is 0 Å². The van der Waals surface area contributed by atoms with Gasteiger partial charge in [-0.2, -0.15) is 0 Å². The van der Waals surface area contributed by atoms with Crippen molar-refractivity contribution in [3.8, 4) is 0 Å². The van der Waals surface area contributed by atoms with Crippen LogP contribution in [0.15, 0.2) is 35.6 Å². The Kier molecular flexibility index (Phi) is 5.00. The van der Waals surface area contributed by atoms with Crippen LogP contribution in [0.25, 0.3) is 0 Å². The third kappa shape index (κ3) is 4.04. The number of nitrogens with zero attached hydrogens (tertiary/aromatic N) is 2. The van der Waals surface area contributed by atoms with E-state index in [1.807, 2.05) is 45.2 Å². The molecule has 1 aromatic carbocycles. The largest absolute Gasteiger partial charge is 0.242 e. The van der Waals surface area contributed by atoms with E-state index < -0.39 is 0 Å². The smallest absolute Gasteiger partial charge is 0.0997 e. The SMILES string of the molecule is CS[C@@H](Cc1ccccc1)N(N=O)C(C)(C)C. The van der Waals surface area contributed by atoms with Crippen LogP contribution in [0, 0.1) is 4.91 Å². The van der Waals surface area contributed by atoms with E-state index in [2.05, 4.69) is 17.4 Å². The first kappa shape index (κ1) is 14.0. The molecular formula is C13H20N2OS. The average molecular weight is 252 g/mol. The molecule has 17 heavy (non-hydrogen) atoms. The number of thioether (sulfide) groups is 1. The summed E-state index contributed by atoms with van der Waals surface area (Å²) >= 11 is 1.66. The second kappa shape index (κ2) is 6.05. The van der Waals surface area contributed by atoms with Gasteiger partial charge in [-0.3, -0.25) is 0 Å². The number of rotatable bonds is 5. The van der Waals surface area contributed by atoms with Crippen molar-refractivity contribution in [3.05, 3.63) is 40.8 Å². The van der Waals surface area contributed by atoms with Gasteiger partial charge >= 0.3 is 0 Å². The van der Waals surface area contributed by atoms with Crippen molar-refractivity contribution in [3.63, 3.8) is 0 Å². The second-order valence-electron chi connectivity index (χ2n) is 4.98. The second-order valence-corrected chi connectivity index (χ2v) is 5.99. The van der Waals surface area contributed by atoms with Gasteiger partial charge in [0.25, 0.3) is 0 Å². The van der Waals surface area contributed by atoms with E-state index in [-0.39, 0.29) is 10.9 Å². The quantitative estimate of drug-likeness (QED) is 0.455. The van der Waals surface area contributed by atoms with Gasteiger partial charge < -0.3 is 0 Å². The molecule has 1 atom stereocenters. The van der Waals surface area contributed by atoms with Gasteiger partial charge in [-0.25, -0.2) is 5.01 Å². The number of hydrogen-bond acceptors (Lipinski definition) is 3. The van der Waals surface area contributed by atoms with Crippen molar-refractivity contribution < 1.29 is 0 Å². The summed E-state index contributed by atoms with van der Waals surface area (Å²) in [6.45, 7) is 6.01. The molecule has 4 heteroatoms. The highest BCUT2D eigenvalue weighted by atomic mass is 32.2. The lowest BCUT2D eigenvalue weighted by Crippen LogP contribution is -2.43. The Morgan fingerprint density at radius 1 is 1.29 bits per heavy atom. The minimum atomic E-state index is -0.246. The molecule has 3 nitrogen and oxygen atoms in total. The van der Waals surface area contributed by atoms with Crippen LogP contribution < -0.4 is 0 Å². The molecule has 1 aromatic rings. The molecule has 0 aliphatic rings. The van der Waals surface area contributed by atoms with Crippen LogP contribution in [0.1, 0.15) is 26.3 Å². The Morgan fingerprint density at radius 2 is 1.88 bits per heavy atom. The van der Waals surface area contributed by atoms with Crippen molar-refractivity contribution in [2.75, 3.05) is 6.26 Å². The third-order valence-corrected chi connectivity index (χ3v) is 3.48. The molecule has 0 bridgehead atoms. The molecule has 1 rings (SSSR count). The fourth-order valence-electron chi connectivity index (χ4n) is 1.69. The molecule has 0 aliphatic carbocycles. The van der Waals surface area contributed by atoms with E-state index >= 15 is 0 Å². The summed E-state index contributed by atoms with van der Waals surface area (Å²) < 4.78 is 0. The van der Waals surface area contributed by atoms with Crippen molar-refractivity contribution in [1.29, 1.82) is 0 Å². The van der Waals surface area contributed by atoms with E-state index in [1.165, 1.54) is 5.56 Å². The Bertz CT molecular complexity index is 348. The molecule has 0 fully saturated rings. The molecule has 0 amide bonds. The molecule has 0 unspecified atom stereocenters. The summed E-state index contributed by atoms with van der Waals surface area (Å²) in [6, 6.07) is 10.2. The van der Waals surface area contributed by atoms with Gasteiger partial charge in [0.15, 0.2) is 0 Å². The molecular weight excluding hydrogens is 232 g/mol. The number of nitroso groups, excluding NO2 is 1. The zero-order valence-corrected chi connectivity index (χ0v) is 11.7. The molecule has 0 N–H and O–H groups in total. The average Bonchev–Trinajstić information content (AvgIpc) is 2.28. The minimum absolute atomic E-state index is 0.0786. The van der Waals surface area contributed by atoms with Crippen molar-refractivity contribution >= 4 is 11.8 Å². The standard InChI is InChI=1S/C13H20N2OS/c1-13(2,3)15(14-16)12(17-4)10-11-8-6-5-7-9-11/h5-9,12H,10H2,1-4H3/t12-/m0/s1. The first-order chi connectivity index (χ1) is 7.99. The van der Waals surface area contributed by atoms with Crippen LogP contribution in [-0.2, 0) is 6.42 Å². The summed E-state index contributed by atoms with van der Waals surface area (Å²) in [7, 11) is 0. The van der Waals surface area contributed by atoms with Crippen molar-refractivity contribution in [2.45, 2.75) is 38.1 Å². The Hall–Kier alpha value is -1.03. The minimum Gasteiger partial charge on any atom is -0.242 e. The summed E-state index contributed by atoms with van der Waals surface area (Å²) in [5.41, 5.74) is 0.981. The van der Waals surface area contributed by atoms with Gasteiger partial charge in [-0.1, -0.05) is 30.3 Å². The molecule has 0 aliphatic heterocycles. The van der Waals surface area contributed by atoms with E-state index in [0.717, 1.165) is 6.42 Å². The van der Waals surface area contributed by atoms with Crippen LogP contribution in [0.4, 0.5) is 0 Å². The molecule has 0 heterocycles. The first-order valence-electron chi connectivity index (χ1n) is 5.68. The number of benzene rings is 1. The predicted octanol–water partition coefficient (Wildman–Crippen LogP) is 3.70. The lowest BCUT2D eigenvalue weighted by atomic mass is 10.1. The zero-order valence-electron chi connectivity index (χ0n) is 10.9. The Labute approximate surface area is 108 Å². The summed E-state index contributed by atoms with van der Waals surface area (Å²) in [6.07, 6.45) is 2.84. The fraction of sp³-hybridized carbons (Fsp3) is 0.538. The van der Waals surface area contributed by atoms with E-state index in [0.29, 0.717) is 0 Å². The molecule has 0 saturated heterocycles. The van der Waals surface area contributed by atoms with Crippen LogP contribution >= 0.6 is 11.8 Å². The molecule has 0 saturated carbocycles. The Morgan fingerprint density at radius 3 is 2.29 bits per heavy atom. The van der Waals surface area contributed by atoms with Crippen LogP contribution in [0.2, 0.25) is 0 Å². The number of hydrogen-bond donors (Lipinski definition) is 0. The highest BCUT2D eigenvalue weighted by Gasteiger charge is 2.28. The maximum Gasteiger partial charge on any atom is 0.0997 e. The lowest BCUT2D eigenvalue weighted by molar-refractivity contribution is 0.125. The maximum absolute atomic E-state index is 11.0. The van der Waals surface area contributed by atoms with Crippen molar-refractivity contribution in [2.24, 2.45) is 5.29 Å². The van der Waals surface area contributed by atoms with Gasteiger partial charge in [-0.05, 0) is 32.6 Å². The van der Waals surface area contributed by atoms with Gasteiger partial charge in [-0.15, -0.1) is 16.7 Å². The summed E-state index contributed by atoms with van der Waals surface area (Å²) in [5, 5.41) is 4.91. The van der Waals surface area contributed by atoms with E-state index in [1.54, 1.807) is 16.8 Å². The summed E-state index contributed by atoms with van der Waals surface area (Å²) in [4.78, 5) is 11.0. The summed E-state index contributed by atoms with van der Waals surface area (Å²) in [5.74, 6) is 0.